The van der Waals surface area contributed by atoms with Crippen LogP contribution in [0.5, 0.6) is 11.5 Å². The maximum absolute atomic E-state index is 11.4. The number of fused-ring (bicyclic) bond motifs is 1. The van der Waals surface area contributed by atoms with Gasteiger partial charge >= 0.3 is 0 Å². The zero-order chi connectivity index (χ0) is 22.3. The molecule has 0 amide bonds. The van der Waals surface area contributed by atoms with Crippen LogP contribution in [0.3, 0.4) is 0 Å². The van der Waals surface area contributed by atoms with Gasteiger partial charge in [0.05, 0.1) is 10.6 Å². The van der Waals surface area contributed by atoms with Gasteiger partial charge in [-0.25, -0.2) is 23.5 Å². The van der Waals surface area contributed by atoms with Gasteiger partial charge in [-0.1, -0.05) is 11.3 Å². The summed E-state index contributed by atoms with van der Waals surface area (Å²) < 4.78 is 34.0. The van der Waals surface area contributed by atoms with E-state index in [0.717, 1.165) is 26.9 Å². The highest BCUT2D eigenvalue weighted by molar-refractivity contribution is 7.89. The fraction of sp³-hybridized carbons (Fsp3) is 0.100. The van der Waals surface area contributed by atoms with Gasteiger partial charge in [-0.05, 0) is 42.5 Å². The van der Waals surface area contributed by atoms with Gasteiger partial charge in [0.15, 0.2) is 16.6 Å². The van der Waals surface area contributed by atoms with Crippen molar-refractivity contribution in [1.29, 1.82) is 0 Å². The number of nitrogens with zero attached hydrogens (tertiary/aromatic N) is 2. The summed E-state index contributed by atoms with van der Waals surface area (Å²) in [6.07, 6.45) is 0. The Hall–Kier alpha value is -3.19. The number of thiazole rings is 2. The molecule has 4 aromatic rings. The standard InChI is InChI=1S/C20H17N5O4S3/c21-18-17(31-20(25-18)23-12-2-4-13(5-3-12)32(22,26)27)19-24-14(10-30-19)11-1-6-15-16(9-11)29-8-7-28-15/h1-6,9-10H,7-8,21H2,(H,23,25)(H2,22,26,27). The number of ether oxygens (including phenoxy) is 2. The number of primary sulfonamides is 1. The predicted molar refractivity (Wildman–Crippen MR) is 125 cm³/mol. The molecule has 32 heavy (non-hydrogen) atoms. The molecular formula is C20H17N5O4S3. The number of benzene rings is 2. The van der Waals surface area contributed by atoms with Crippen molar-refractivity contribution in [3.05, 3.63) is 47.8 Å². The Bertz CT molecular complexity index is 1400. The van der Waals surface area contributed by atoms with Crippen LogP contribution in [0.25, 0.3) is 21.1 Å². The number of anilines is 3. The highest BCUT2D eigenvalue weighted by atomic mass is 32.2. The molecule has 12 heteroatoms. The molecule has 0 saturated carbocycles. The number of nitrogen functional groups attached to an aromatic ring is 1. The van der Waals surface area contributed by atoms with Crippen molar-refractivity contribution in [1.82, 2.24) is 9.97 Å². The highest BCUT2D eigenvalue weighted by Crippen LogP contribution is 2.40. The SMILES string of the molecule is Nc1nc(Nc2ccc(S(N)(=O)=O)cc2)sc1-c1nc(-c2ccc3c(c2)OCCO3)cs1. The van der Waals surface area contributed by atoms with Crippen molar-refractivity contribution in [3.63, 3.8) is 0 Å². The first kappa shape index (κ1) is 20.7. The van der Waals surface area contributed by atoms with E-state index in [1.54, 1.807) is 12.1 Å². The maximum atomic E-state index is 11.4. The van der Waals surface area contributed by atoms with Gasteiger partial charge in [0.2, 0.25) is 10.0 Å². The predicted octanol–water partition coefficient (Wildman–Crippen LogP) is 3.68. The topological polar surface area (TPSA) is 142 Å². The lowest BCUT2D eigenvalue weighted by atomic mass is 10.1. The second-order valence-electron chi connectivity index (χ2n) is 6.82. The summed E-state index contributed by atoms with van der Waals surface area (Å²) in [5.74, 6) is 1.80. The quantitative estimate of drug-likeness (QED) is 0.387. The fourth-order valence-corrected chi connectivity index (χ4v) is 5.45. The smallest absolute Gasteiger partial charge is 0.238 e. The molecule has 2 aromatic heterocycles. The van der Waals surface area contributed by atoms with Crippen LogP contribution in [0.2, 0.25) is 0 Å². The summed E-state index contributed by atoms with van der Waals surface area (Å²) in [5, 5.41) is 11.5. The Kier molecular flexibility index (Phi) is 5.21. The lowest BCUT2D eigenvalue weighted by molar-refractivity contribution is 0.171. The summed E-state index contributed by atoms with van der Waals surface area (Å²) in [5.41, 5.74) is 8.53. The largest absolute Gasteiger partial charge is 0.486 e. The highest BCUT2D eigenvalue weighted by Gasteiger charge is 2.17. The van der Waals surface area contributed by atoms with E-state index in [9.17, 15) is 8.42 Å². The van der Waals surface area contributed by atoms with E-state index in [1.165, 1.54) is 34.8 Å². The number of hydrogen-bond acceptors (Lipinski definition) is 10. The average Bonchev–Trinajstić information content (AvgIpc) is 3.40. The number of rotatable bonds is 5. The van der Waals surface area contributed by atoms with Crippen molar-refractivity contribution in [2.75, 3.05) is 24.3 Å². The van der Waals surface area contributed by atoms with Crippen LogP contribution in [0.4, 0.5) is 16.6 Å². The van der Waals surface area contributed by atoms with E-state index in [2.05, 4.69) is 10.3 Å². The molecule has 5 rings (SSSR count). The van der Waals surface area contributed by atoms with Crippen LogP contribution in [0.1, 0.15) is 0 Å². The summed E-state index contributed by atoms with van der Waals surface area (Å²) in [4.78, 5) is 9.88. The molecule has 0 aliphatic carbocycles. The van der Waals surface area contributed by atoms with E-state index in [1.807, 2.05) is 23.6 Å². The van der Waals surface area contributed by atoms with Crippen molar-refractivity contribution in [2.45, 2.75) is 4.90 Å². The third kappa shape index (κ3) is 4.12. The second-order valence-corrected chi connectivity index (χ2v) is 10.2. The van der Waals surface area contributed by atoms with E-state index < -0.39 is 10.0 Å². The lowest BCUT2D eigenvalue weighted by Crippen LogP contribution is -2.15. The molecule has 0 bridgehead atoms. The Morgan fingerprint density at radius 3 is 2.50 bits per heavy atom. The lowest BCUT2D eigenvalue weighted by Gasteiger charge is -2.18. The molecular weight excluding hydrogens is 470 g/mol. The van der Waals surface area contributed by atoms with E-state index in [-0.39, 0.29) is 4.90 Å². The Morgan fingerprint density at radius 2 is 1.75 bits per heavy atom. The van der Waals surface area contributed by atoms with Gasteiger partial charge < -0.3 is 20.5 Å². The van der Waals surface area contributed by atoms with Crippen LogP contribution in [-0.2, 0) is 10.0 Å². The van der Waals surface area contributed by atoms with Crippen LogP contribution >= 0.6 is 22.7 Å². The minimum absolute atomic E-state index is 0.0387. The molecule has 0 fully saturated rings. The number of sulfonamides is 1. The molecule has 1 aliphatic heterocycles. The van der Waals surface area contributed by atoms with Crippen LogP contribution < -0.4 is 25.7 Å². The molecule has 3 heterocycles. The zero-order valence-corrected chi connectivity index (χ0v) is 18.9. The first-order chi connectivity index (χ1) is 15.4. The summed E-state index contributed by atoms with van der Waals surface area (Å²) in [7, 11) is -3.74. The molecule has 5 N–H and O–H groups in total. The molecule has 0 radical (unpaired) electrons. The first-order valence-electron chi connectivity index (χ1n) is 9.39. The Morgan fingerprint density at radius 1 is 1.00 bits per heavy atom. The molecule has 0 atom stereocenters. The van der Waals surface area contributed by atoms with Crippen LogP contribution in [0.15, 0.2) is 52.7 Å². The summed E-state index contributed by atoms with van der Waals surface area (Å²) in [6.45, 7) is 1.07. The van der Waals surface area contributed by atoms with Crippen LogP contribution in [-0.4, -0.2) is 31.6 Å². The van der Waals surface area contributed by atoms with Crippen molar-refractivity contribution < 1.29 is 17.9 Å². The minimum Gasteiger partial charge on any atom is -0.486 e. The number of nitrogens with two attached hydrogens (primary N) is 2. The molecule has 0 spiro atoms. The third-order valence-electron chi connectivity index (χ3n) is 4.62. The van der Waals surface area contributed by atoms with E-state index in [0.29, 0.717) is 35.6 Å². The number of hydrogen-bond donors (Lipinski definition) is 3. The molecule has 164 valence electrons. The van der Waals surface area contributed by atoms with Gasteiger partial charge in [-0.15, -0.1) is 11.3 Å². The number of nitrogens with one attached hydrogen (secondary N) is 1. The second kappa shape index (κ2) is 8.06. The summed E-state index contributed by atoms with van der Waals surface area (Å²) in [6, 6.07) is 11.8. The van der Waals surface area contributed by atoms with Gasteiger partial charge in [0.25, 0.3) is 0 Å². The number of aromatic nitrogens is 2. The van der Waals surface area contributed by atoms with Crippen molar-refractivity contribution in [3.8, 4) is 32.6 Å². The Labute approximate surface area is 191 Å². The van der Waals surface area contributed by atoms with Gasteiger partial charge in [0, 0.05) is 16.6 Å². The molecule has 0 saturated heterocycles. The molecule has 0 unspecified atom stereocenters. The molecule has 1 aliphatic rings. The van der Waals surface area contributed by atoms with E-state index >= 15 is 0 Å². The molecule has 9 nitrogen and oxygen atoms in total. The Balaban J connectivity index is 1.37. The van der Waals surface area contributed by atoms with Crippen molar-refractivity contribution in [2.24, 2.45) is 5.14 Å². The van der Waals surface area contributed by atoms with Gasteiger partial charge in [-0.2, -0.15) is 0 Å². The third-order valence-corrected chi connectivity index (χ3v) is 7.54. The van der Waals surface area contributed by atoms with Crippen LogP contribution in [0, 0.1) is 0 Å². The van der Waals surface area contributed by atoms with E-state index in [4.69, 9.17) is 25.3 Å². The zero-order valence-electron chi connectivity index (χ0n) is 16.4. The normalized spacial score (nSPS) is 13.2. The minimum atomic E-state index is -3.74. The van der Waals surface area contributed by atoms with Gasteiger partial charge in [-0.3, -0.25) is 0 Å². The van der Waals surface area contributed by atoms with Crippen molar-refractivity contribution >= 4 is 49.3 Å². The summed E-state index contributed by atoms with van der Waals surface area (Å²) >= 11 is 2.83. The maximum Gasteiger partial charge on any atom is 0.238 e. The van der Waals surface area contributed by atoms with Gasteiger partial charge in [0.1, 0.15) is 28.9 Å². The fourth-order valence-electron chi connectivity index (χ4n) is 3.10. The average molecular weight is 488 g/mol. The molecule has 2 aromatic carbocycles. The first-order valence-corrected chi connectivity index (χ1v) is 12.6. The monoisotopic (exact) mass is 487 g/mol.